The molecule has 0 heterocycles. The molecule has 8 heteroatoms. The minimum Gasteiger partial charge on any atom is -0.497 e. The summed E-state index contributed by atoms with van der Waals surface area (Å²) in [7, 11) is 2.82. The molecule has 0 unspecified atom stereocenters. The van der Waals surface area contributed by atoms with E-state index in [-0.39, 0.29) is 18.6 Å². The van der Waals surface area contributed by atoms with E-state index in [0.717, 1.165) is 37.0 Å². The molecular formula is C28H32O8. The summed E-state index contributed by atoms with van der Waals surface area (Å²) in [6.07, 6.45) is 6.27. The van der Waals surface area contributed by atoms with E-state index in [0.29, 0.717) is 18.1 Å². The lowest BCUT2D eigenvalue weighted by Gasteiger charge is -2.08. The van der Waals surface area contributed by atoms with Crippen LogP contribution in [0, 0.1) is 0 Å². The molecule has 192 valence electrons. The fourth-order valence-corrected chi connectivity index (χ4v) is 2.97. The number of rotatable bonds is 15. The maximum absolute atomic E-state index is 12.0. The molecule has 0 aliphatic heterocycles. The lowest BCUT2D eigenvalue weighted by atomic mass is 10.2. The van der Waals surface area contributed by atoms with Crippen molar-refractivity contribution in [1.29, 1.82) is 0 Å². The first-order chi connectivity index (χ1) is 17.4. The smallest absolute Gasteiger partial charge is 0.336 e. The van der Waals surface area contributed by atoms with E-state index in [9.17, 15) is 14.4 Å². The van der Waals surface area contributed by atoms with Crippen LogP contribution in [0.1, 0.15) is 37.7 Å². The first-order valence-corrected chi connectivity index (χ1v) is 11.6. The van der Waals surface area contributed by atoms with Crippen molar-refractivity contribution in [2.24, 2.45) is 0 Å². The highest BCUT2D eigenvalue weighted by molar-refractivity contribution is 5.93. The summed E-state index contributed by atoms with van der Waals surface area (Å²) >= 11 is 0. The van der Waals surface area contributed by atoms with Crippen LogP contribution in [-0.4, -0.2) is 45.3 Å². The summed E-state index contributed by atoms with van der Waals surface area (Å²) in [6, 6.07) is 14.2. The number of benzene rings is 2. The van der Waals surface area contributed by atoms with E-state index in [4.69, 9.17) is 18.9 Å². The van der Waals surface area contributed by atoms with Crippen molar-refractivity contribution in [3.63, 3.8) is 0 Å². The zero-order valence-electron chi connectivity index (χ0n) is 20.7. The average Bonchev–Trinajstić information content (AvgIpc) is 2.89. The van der Waals surface area contributed by atoms with Crippen LogP contribution in [0.15, 0.2) is 66.8 Å². The molecule has 0 aliphatic carbocycles. The Kier molecular flexibility index (Phi) is 12.3. The van der Waals surface area contributed by atoms with Gasteiger partial charge >= 0.3 is 17.9 Å². The van der Waals surface area contributed by atoms with Gasteiger partial charge in [0.05, 0.1) is 33.9 Å². The number of ether oxygens (including phenoxy) is 5. The lowest BCUT2D eigenvalue weighted by Crippen LogP contribution is -2.12. The van der Waals surface area contributed by atoms with E-state index in [2.05, 4.69) is 11.3 Å². The molecule has 0 spiro atoms. The molecule has 36 heavy (non-hydrogen) atoms. The summed E-state index contributed by atoms with van der Waals surface area (Å²) in [4.78, 5) is 34.8. The van der Waals surface area contributed by atoms with Gasteiger partial charge < -0.3 is 23.7 Å². The number of unbranched alkanes of at least 4 members (excludes halogenated alkanes) is 3. The fourth-order valence-electron chi connectivity index (χ4n) is 2.97. The van der Waals surface area contributed by atoms with Crippen LogP contribution >= 0.6 is 0 Å². The Balaban J connectivity index is 1.57. The Morgan fingerprint density at radius 2 is 1.42 bits per heavy atom. The lowest BCUT2D eigenvalue weighted by molar-refractivity contribution is -0.144. The average molecular weight is 497 g/mol. The van der Waals surface area contributed by atoms with Crippen LogP contribution in [0.25, 0.3) is 6.08 Å². The quantitative estimate of drug-likeness (QED) is 0.148. The highest BCUT2D eigenvalue weighted by atomic mass is 16.5. The third-order valence-electron chi connectivity index (χ3n) is 4.98. The molecule has 0 atom stereocenters. The van der Waals surface area contributed by atoms with Crippen molar-refractivity contribution in [1.82, 2.24) is 0 Å². The van der Waals surface area contributed by atoms with Crippen LogP contribution in [-0.2, 0) is 23.9 Å². The summed E-state index contributed by atoms with van der Waals surface area (Å²) < 4.78 is 25.6. The van der Waals surface area contributed by atoms with Gasteiger partial charge in [0.15, 0.2) is 0 Å². The van der Waals surface area contributed by atoms with Crippen molar-refractivity contribution in [3.05, 3.63) is 72.3 Å². The summed E-state index contributed by atoms with van der Waals surface area (Å²) in [5, 5.41) is 0. The van der Waals surface area contributed by atoms with E-state index in [1.165, 1.54) is 13.2 Å². The van der Waals surface area contributed by atoms with Crippen molar-refractivity contribution < 1.29 is 38.1 Å². The minimum atomic E-state index is -0.573. The standard InChI is InChI=1S/C28H32O8/c1-21(20-27(30)33-3)28(31)35-19-7-5-4-6-18-34-24-11-8-22(9-12-24)10-17-26(29)36-25-15-13-23(32-2)14-16-25/h8-17H,1,4-7,18-20H2,2-3H3/b17-10+. The molecule has 0 aliphatic rings. The van der Waals surface area contributed by atoms with Crippen LogP contribution in [0.5, 0.6) is 17.2 Å². The van der Waals surface area contributed by atoms with Gasteiger partial charge in [0.25, 0.3) is 0 Å². The molecule has 0 amide bonds. The van der Waals surface area contributed by atoms with Gasteiger partial charge in [-0.05, 0) is 73.7 Å². The molecule has 2 rings (SSSR count). The summed E-state index contributed by atoms with van der Waals surface area (Å²) in [6.45, 7) is 4.38. The maximum Gasteiger partial charge on any atom is 0.336 e. The number of hydrogen-bond acceptors (Lipinski definition) is 8. The fraction of sp³-hybridized carbons (Fsp3) is 0.321. The van der Waals surface area contributed by atoms with Crippen molar-refractivity contribution >= 4 is 24.0 Å². The van der Waals surface area contributed by atoms with Crippen LogP contribution in [0.2, 0.25) is 0 Å². The number of carbonyl (C=O) groups is 3. The molecule has 0 saturated heterocycles. The number of hydrogen-bond donors (Lipinski definition) is 0. The third kappa shape index (κ3) is 10.9. The summed E-state index contributed by atoms with van der Waals surface area (Å²) in [5.41, 5.74) is 0.933. The maximum atomic E-state index is 12.0. The van der Waals surface area contributed by atoms with Crippen molar-refractivity contribution in [3.8, 4) is 17.2 Å². The normalized spacial score (nSPS) is 10.5. The molecule has 0 aromatic heterocycles. The van der Waals surface area contributed by atoms with Gasteiger partial charge in [-0.25, -0.2) is 9.59 Å². The zero-order valence-corrected chi connectivity index (χ0v) is 20.7. The zero-order chi connectivity index (χ0) is 26.2. The van der Waals surface area contributed by atoms with Gasteiger partial charge in [0.2, 0.25) is 0 Å². The molecule has 8 nitrogen and oxygen atoms in total. The highest BCUT2D eigenvalue weighted by Crippen LogP contribution is 2.18. The monoisotopic (exact) mass is 496 g/mol. The molecular weight excluding hydrogens is 464 g/mol. The predicted octanol–water partition coefficient (Wildman–Crippen LogP) is 4.92. The second-order valence-electron chi connectivity index (χ2n) is 7.75. The van der Waals surface area contributed by atoms with E-state index >= 15 is 0 Å². The Bertz CT molecular complexity index is 1020. The molecule has 0 radical (unpaired) electrons. The first kappa shape index (κ1) is 28.2. The minimum absolute atomic E-state index is 0.0882. The van der Waals surface area contributed by atoms with Crippen LogP contribution in [0.3, 0.4) is 0 Å². The molecule has 0 bridgehead atoms. The molecule has 2 aromatic carbocycles. The number of methoxy groups -OCH3 is 2. The Hall–Kier alpha value is -4.07. The second kappa shape index (κ2) is 15.8. The largest absolute Gasteiger partial charge is 0.497 e. The van der Waals surface area contributed by atoms with Crippen LogP contribution < -0.4 is 14.2 Å². The number of carbonyl (C=O) groups excluding carboxylic acids is 3. The third-order valence-corrected chi connectivity index (χ3v) is 4.98. The highest BCUT2D eigenvalue weighted by Gasteiger charge is 2.13. The van der Waals surface area contributed by atoms with Gasteiger partial charge in [-0.3, -0.25) is 4.79 Å². The van der Waals surface area contributed by atoms with Gasteiger partial charge in [0, 0.05) is 11.6 Å². The SMILES string of the molecule is C=C(CC(=O)OC)C(=O)OCCCCCCOc1ccc(/C=C/C(=O)Oc2ccc(OC)cc2)cc1. The van der Waals surface area contributed by atoms with Gasteiger partial charge in [0.1, 0.15) is 17.2 Å². The topological polar surface area (TPSA) is 97.4 Å². The Morgan fingerprint density at radius 1 is 0.806 bits per heavy atom. The predicted molar refractivity (Wildman–Crippen MR) is 135 cm³/mol. The number of esters is 3. The molecule has 0 fully saturated rings. The Labute approximate surface area is 211 Å². The van der Waals surface area contributed by atoms with Crippen LogP contribution in [0.4, 0.5) is 0 Å². The Morgan fingerprint density at radius 3 is 2.06 bits per heavy atom. The van der Waals surface area contributed by atoms with Gasteiger partial charge in [-0.2, -0.15) is 0 Å². The van der Waals surface area contributed by atoms with Gasteiger partial charge in [-0.15, -0.1) is 0 Å². The van der Waals surface area contributed by atoms with Crippen molar-refractivity contribution in [2.75, 3.05) is 27.4 Å². The van der Waals surface area contributed by atoms with E-state index in [1.807, 2.05) is 24.3 Å². The van der Waals surface area contributed by atoms with E-state index in [1.54, 1.807) is 37.5 Å². The van der Waals surface area contributed by atoms with Gasteiger partial charge in [-0.1, -0.05) is 18.7 Å². The molecule has 2 aromatic rings. The second-order valence-corrected chi connectivity index (χ2v) is 7.75. The van der Waals surface area contributed by atoms with E-state index < -0.39 is 17.9 Å². The molecule has 0 N–H and O–H groups in total. The summed E-state index contributed by atoms with van der Waals surface area (Å²) in [5.74, 6) is 0.307. The van der Waals surface area contributed by atoms with Crippen molar-refractivity contribution in [2.45, 2.75) is 32.1 Å². The first-order valence-electron chi connectivity index (χ1n) is 11.6. The molecule has 0 saturated carbocycles.